The second-order valence-electron chi connectivity index (χ2n) is 2.32. The molecule has 0 aliphatic rings. The molecule has 0 unspecified atom stereocenters. The Morgan fingerprint density at radius 2 is 1.46 bits per heavy atom. The van der Waals surface area contributed by atoms with Crippen LogP contribution in [0.15, 0.2) is 25.8 Å². The molecular formula is C12H29N. The van der Waals surface area contributed by atoms with E-state index in [4.69, 9.17) is 5.73 Å². The Balaban J connectivity index is -0.0000000457. The van der Waals surface area contributed by atoms with Crippen LogP contribution in [-0.4, -0.2) is 6.04 Å². The zero-order chi connectivity index (χ0) is 11.7. The first-order valence-corrected chi connectivity index (χ1v) is 5.01. The topological polar surface area (TPSA) is 26.0 Å². The lowest BCUT2D eigenvalue weighted by atomic mass is 10.3. The van der Waals surface area contributed by atoms with E-state index in [0.717, 1.165) is 6.42 Å². The fourth-order valence-electron chi connectivity index (χ4n) is 0.204. The van der Waals surface area contributed by atoms with E-state index in [1.54, 1.807) is 0 Å². The van der Waals surface area contributed by atoms with Crippen molar-refractivity contribution >= 4 is 0 Å². The van der Waals surface area contributed by atoms with Gasteiger partial charge in [-0.05, 0) is 12.5 Å². The molecule has 0 aromatic heterocycles. The van der Waals surface area contributed by atoms with Gasteiger partial charge in [0, 0.05) is 0 Å². The van der Waals surface area contributed by atoms with Crippen molar-refractivity contribution in [1.29, 1.82) is 0 Å². The molecular weight excluding hydrogens is 158 g/mol. The van der Waals surface area contributed by atoms with Crippen LogP contribution >= 0.6 is 0 Å². The Kier molecular flexibility index (Phi) is 74.1. The number of hydrogen-bond acceptors (Lipinski definition) is 1. The summed E-state index contributed by atoms with van der Waals surface area (Å²) in [6.45, 7) is 19.6. The number of unbranched alkanes of at least 4 members (excludes halogenated alkanes) is 1. The van der Waals surface area contributed by atoms with E-state index >= 15 is 0 Å². The normalized spacial score (nSPS) is 6.38. The molecule has 0 aliphatic heterocycles. The molecule has 0 radical (unpaired) electrons. The Bertz CT molecular complexity index is 55.4. The first kappa shape index (κ1) is 22.9. The van der Waals surface area contributed by atoms with Crippen molar-refractivity contribution in [3.63, 3.8) is 0 Å². The number of nitrogens with two attached hydrogens (primary N) is 1. The molecule has 0 saturated heterocycles. The van der Waals surface area contributed by atoms with Gasteiger partial charge >= 0.3 is 0 Å². The predicted molar refractivity (Wildman–Crippen MR) is 67.0 cm³/mol. The van der Waals surface area contributed by atoms with Gasteiger partial charge in [-0.2, -0.15) is 0 Å². The smallest absolute Gasteiger partial charge is 0.00179 e. The van der Waals surface area contributed by atoms with Crippen LogP contribution in [0, 0.1) is 0 Å². The summed E-state index contributed by atoms with van der Waals surface area (Å²) in [5, 5.41) is 0. The lowest BCUT2D eigenvalue weighted by molar-refractivity contribution is 0.834. The average molecular weight is 187 g/mol. The van der Waals surface area contributed by atoms with Gasteiger partial charge in [0.1, 0.15) is 0 Å². The van der Waals surface area contributed by atoms with E-state index in [1.807, 2.05) is 33.8 Å². The highest BCUT2D eigenvalue weighted by Crippen LogP contribution is 1.82. The van der Waals surface area contributed by atoms with Crippen molar-refractivity contribution in [2.45, 2.75) is 53.5 Å². The highest BCUT2D eigenvalue weighted by molar-refractivity contribution is 4.63. The van der Waals surface area contributed by atoms with Gasteiger partial charge in [-0.25, -0.2) is 0 Å². The molecule has 0 bridgehead atoms. The van der Waals surface area contributed by atoms with Gasteiger partial charge in [0.25, 0.3) is 0 Å². The van der Waals surface area contributed by atoms with Crippen molar-refractivity contribution in [2.75, 3.05) is 0 Å². The summed E-state index contributed by atoms with van der Waals surface area (Å²) >= 11 is 0. The van der Waals surface area contributed by atoms with Gasteiger partial charge in [-0.1, -0.05) is 47.1 Å². The molecule has 0 aromatic carbocycles. The molecule has 0 atom stereocenters. The Morgan fingerprint density at radius 3 is 1.46 bits per heavy atom. The van der Waals surface area contributed by atoms with Gasteiger partial charge in [-0.3, -0.25) is 0 Å². The first-order chi connectivity index (χ1) is 6.15. The predicted octanol–water partition coefficient (Wildman–Crippen LogP) is 4.15. The van der Waals surface area contributed by atoms with Crippen molar-refractivity contribution in [2.24, 2.45) is 5.73 Å². The summed E-state index contributed by atoms with van der Waals surface area (Å²) in [4.78, 5) is 0. The van der Waals surface area contributed by atoms with E-state index in [0.29, 0.717) is 6.04 Å². The molecule has 2 N–H and O–H groups in total. The molecule has 0 heterocycles. The highest BCUT2D eigenvalue weighted by Gasteiger charge is 1.67. The maximum Gasteiger partial charge on any atom is -0.00179 e. The molecule has 1 nitrogen and oxygen atoms in total. The highest BCUT2D eigenvalue weighted by atomic mass is 14.6. The van der Waals surface area contributed by atoms with E-state index in [-0.39, 0.29) is 0 Å². The Hall–Kier alpha value is -0.560. The van der Waals surface area contributed by atoms with Crippen molar-refractivity contribution in [3.8, 4) is 0 Å². The van der Waals surface area contributed by atoms with E-state index in [9.17, 15) is 0 Å². The fourth-order valence-corrected chi connectivity index (χ4v) is 0.204. The largest absolute Gasteiger partial charge is 0.328 e. The summed E-state index contributed by atoms with van der Waals surface area (Å²) in [6, 6.07) is 0.333. The van der Waals surface area contributed by atoms with E-state index in [1.165, 1.54) is 6.42 Å². The first-order valence-electron chi connectivity index (χ1n) is 5.01. The minimum Gasteiger partial charge on any atom is -0.328 e. The quantitative estimate of drug-likeness (QED) is 0.646. The summed E-state index contributed by atoms with van der Waals surface area (Å²) in [5.41, 5.74) is 5.11. The number of rotatable bonds is 2. The van der Waals surface area contributed by atoms with Crippen LogP contribution < -0.4 is 5.73 Å². The van der Waals surface area contributed by atoms with Crippen molar-refractivity contribution < 1.29 is 0 Å². The lowest BCUT2D eigenvalue weighted by Crippen LogP contribution is -2.06. The molecule has 0 aromatic rings. The second-order valence-corrected chi connectivity index (χ2v) is 2.32. The third-order valence-electron chi connectivity index (χ3n) is 0.493. The average Bonchev–Trinajstić information content (AvgIpc) is 2.12. The number of allylic oxidation sites excluding steroid dienone is 1. The maximum atomic E-state index is 5.11. The van der Waals surface area contributed by atoms with Gasteiger partial charge in [0.15, 0.2) is 0 Å². The standard InChI is InChI=1S/C5H10.C3H9N.C2H6.C2H4/c1-3-5-4-2;1-3(2)4;2*1-2/h3H,1,4-5H2,2H3;3H,4H2,1-2H3;1-2H3;1-2H2. The molecule has 82 valence electrons. The third kappa shape index (κ3) is 492. The molecule has 0 fully saturated rings. The van der Waals surface area contributed by atoms with Crippen LogP contribution in [-0.2, 0) is 0 Å². The monoisotopic (exact) mass is 187 g/mol. The van der Waals surface area contributed by atoms with Gasteiger partial charge in [0.2, 0.25) is 0 Å². The fraction of sp³-hybridized carbons (Fsp3) is 0.667. The van der Waals surface area contributed by atoms with Crippen LogP contribution in [0.5, 0.6) is 0 Å². The molecule has 0 rings (SSSR count). The second kappa shape index (κ2) is 42.1. The van der Waals surface area contributed by atoms with Crippen molar-refractivity contribution in [1.82, 2.24) is 0 Å². The Morgan fingerprint density at radius 1 is 1.23 bits per heavy atom. The van der Waals surface area contributed by atoms with Crippen molar-refractivity contribution in [3.05, 3.63) is 25.8 Å². The van der Waals surface area contributed by atoms with E-state index < -0.39 is 0 Å². The minimum absolute atomic E-state index is 0.333. The third-order valence-corrected chi connectivity index (χ3v) is 0.493. The summed E-state index contributed by atoms with van der Waals surface area (Å²) in [5.74, 6) is 0. The SMILES string of the molecule is C=C.C=CCCC.CC.CC(C)N. The zero-order valence-electron chi connectivity index (χ0n) is 10.3. The molecule has 0 spiro atoms. The molecule has 13 heavy (non-hydrogen) atoms. The van der Waals surface area contributed by atoms with Gasteiger partial charge in [-0.15, -0.1) is 19.7 Å². The lowest BCUT2D eigenvalue weighted by Gasteiger charge is -1.81. The maximum absolute atomic E-state index is 5.11. The summed E-state index contributed by atoms with van der Waals surface area (Å²) in [6.07, 6.45) is 4.31. The molecule has 0 aliphatic carbocycles. The molecule has 0 amide bonds. The van der Waals surface area contributed by atoms with Crippen LogP contribution in [0.2, 0.25) is 0 Å². The number of hydrogen-bond donors (Lipinski definition) is 1. The molecule has 0 saturated carbocycles. The van der Waals surface area contributed by atoms with Crippen LogP contribution in [0.25, 0.3) is 0 Å². The van der Waals surface area contributed by atoms with Gasteiger partial charge < -0.3 is 5.73 Å². The van der Waals surface area contributed by atoms with Crippen LogP contribution in [0.4, 0.5) is 0 Å². The van der Waals surface area contributed by atoms with Crippen LogP contribution in [0.1, 0.15) is 47.5 Å². The Labute approximate surface area is 85.7 Å². The van der Waals surface area contributed by atoms with E-state index in [2.05, 4.69) is 26.7 Å². The van der Waals surface area contributed by atoms with Crippen LogP contribution in [0.3, 0.4) is 0 Å². The summed E-state index contributed by atoms with van der Waals surface area (Å²) < 4.78 is 0. The minimum atomic E-state index is 0.333. The zero-order valence-corrected chi connectivity index (χ0v) is 10.3. The molecule has 1 heteroatoms. The van der Waals surface area contributed by atoms with Gasteiger partial charge in [0.05, 0.1) is 0 Å². The summed E-state index contributed by atoms with van der Waals surface area (Å²) in [7, 11) is 0.